The van der Waals surface area contributed by atoms with E-state index in [0.717, 1.165) is 17.8 Å². The Morgan fingerprint density at radius 2 is 1.78 bits per heavy atom. The van der Waals surface area contributed by atoms with E-state index in [1.54, 1.807) is 6.20 Å². The van der Waals surface area contributed by atoms with Gasteiger partial charge in [0, 0.05) is 12.7 Å². The molecule has 0 atom stereocenters. The molecule has 0 aliphatic carbocycles. The topological polar surface area (TPSA) is 24.9 Å². The third-order valence-electron chi connectivity index (χ3n) is 2.86. The van der Waals surface area contributed by atoms with Crippen molar-refractivity contribution in [3.05, 3.63) is 57.9 Å². The number of hydrogen-bond donors (Lipinski definition) is 1. The van der Waals surface area contributed by atoms with E-state index in [0.29, 0.717) is 5.15 Å². The molecular weight excluding hydrogens is 244 g/mol. The zero-order valence-electron chi connectivity index (χ0n) is 10.9. The van der Waals surface area contributed by atoms with Gasteiger partial charge in [0.25, 0.3) is 0 Å². The minimum atomic E-state index is 0.527. The van der Waals surface area contributed by atoms with Crippen LogP contribution in [0.1, 0.15) is 22.3 Å². The molecule has 0 bridgehead atoms. The van der Waals surface area contributed by atoms with Crippen molar-refractivity contribution in [1.82, 2.24) is 4.98 Å². The maximum absolute atomic E-state index is 6.08. The van der Waals surface area contributed by atoms with Crippen LogP contribution < -0.4 is 5.32 Å². The van der Waals surface area contributed by atoms with Gasteiger partial charge in [0.1, 0.15) is 0 Å². The molecule has 0 saturated carbocycles. The summed E-state index contributed by atoms with van der Waals surface area (Å²) < 4.78 is 0. The van der Waals surface area contributed by atoms with Crippen LogP contribution in [0.25, 0.3) is 0 Å². The number of benzene rings is 1. The zero-order valence-corrected chi connectivity index (χ0v) is 11.7. The Hall–Kier alpha value is -1.54. The molecule has 0 amide bonds. The highest BCUT2D eigenvalue weighted by Gasteiger charge is 2.04. The fourth-order valence-corrected chi connectivity index (χ4v) is 2.37. The predicted molar refractivity (Wildman–Crippen MR) is 77.2 cm³/mol. The normalized spacial score (nSPS) is 10.4. The molecule has 18 heavy (non-hydrogen) atoms. The van der Waals surface area contributed by atoms with Gasteiger partial charge in [-0.3, -0.25) is 0 Å². The summed E-state index contributed by atoms with van der Waals surface area (Å²) in [6.45, 7) is 7.00. The van der Waals surface area contributed by atoms with E-state index in [2.05, 4.69) is 42.3 Å². The zero-order chi connectivity index (χ0) is 13.1. The molecule has 0 aliphatic rings. The Balaban J connectivity index is 2.16. The molecule has 0 radical (unpaired) electrons. The molecule has 1 N–H and O–H groups in total. The minimum Gasteiger partial charge on any atom is -0.378 e. The number of hydrogen-bond acceptors (Lipinski definition) is 2. The third kappa shape index (κ3) is 3.02. The summed E-state index contributed by atoms with van der Waals surface area (Å²) in [6.07, 6.45) is 1.72. The van der Waals surface area contributed by atoms with E-state index in [1.807, 2.05) is 13.0 Å². The van der Waals surface area contributed by atoms with Crippen molar-refractivity contribution in [2.75, 3.05) is 5.32 Å². The van der Waals surface area contributed by atoms with Crippen molar-refractivity contribution in [2.24, 2.45) is 0 Å². The number of anilines is 1. The second kappa shape index (κ2) is 5.40. The van der Waals surface area contributed by atoms with Crippen molar-refractivity contribution in [3.63, 3.8) is 0 Å². The van der Waals surface area contributed by atoms with Crippen molar-refractivity contribution >= 4 is 17.3 Å². The summed E-state index contributed by atoms with van der Waals surface area (Å²) in [5, 5.41) is 3.88. The molecule has 1 heterocycles. The predicted octanol–water partition coefficient (Wildman–Crippen LogP) is 4.27. The third-order valence-corrected chi connectivity index (χ3v) is 3.15. The van der Waals surface area contributed by atoms with Gasteiger partial charge in [-0.25, -0.2) is 4.98 Å². The van der Waals surface area contributed by atoms with Crippen LogP contribution in [0.4, 0.5) is 5.69 Å². The fraction of sp³-hybridized carbons (Fsp3) is 0.267. The maximum atomic E-state index is 6.08. The quantitative estimate of drug-likeness (QED) is 0.834. The van der Waals surface area contributed by atoms with Crippen LogP contribution >= 0.6 is 11.6 Å². The van der Waals surface area contributed by atoms with E-state index in [4.69, 9.17) is 11.6 Å². The number of rotatable bonds is 3. The van der Waals surface area contributed by atoms with Crippen LogP contribution in [-0.4, -0.2) is 4.98 Å². The lowest BCUT2D eigenvalue weighted by molar-refractivity contribution is 1.11. The van der Waals surface area contributed by atoms with Gasteiger partial charge < -0.3 is 5.32 Å². The highest BCUT2D eigenvalue weighted by atomic mass is 35.5. The van der Waals surface area contributed by atoms with E-state index in [-0.39, 0.29) is 0 Å². The van der Waals surface area contributed by atoms with Crippen LogP contribution in [0.5, 0.6) is 0 Å². The second-order valence-electron chi connectivity index (χ2n) is 4.64. The first-order valence-corrected chi connectivity index (χ1v) is 6.36. The molecule has 94 valence electrons. The molecule has 0 saturated heterocycles. The molecule has 0 spiro atoms. The van der Waals surface area contributed by atoms with E-state index < -0.39 is 0 Å². The smallest absolute Gasteiger partial charge is 0.152 e. The lowest BCUT2D eigenvalue weighted by atomic mass is 10.1. The summed E-state index contributed by atoms with van der Waals surface area (Å²) in [5.41, 5.74) is 5.84. The number of halogens is 1. The standard InChI is InChI=1S/C15H17ClN2/c1-10-6-11(2)8-13(7-10)9-18-14-12(3)4-5-17-15(14)16/h4-8,18H,9H2,1-3H3. The molecular formula is C15H17ClN2. The second-order valence-corrected chi connectivity index (χ2v) is 5.00. The van der Waals surface area contributed by atoms with Gasteiger partial charge in [0.15, 0.2) is 5.15 Å². The summed E-state index contributed by atoms with van der Waals surface area (Å²) in [7, 11) is 0. The van der Waals surface area contributed by atoms with Crippen LogP contribution in [0, 0.1) is 20.8 Å². The molecule has 3 heteroatoms. The fourth-order valence-electron chi connectivity index (χ4n) is 2.10. The van der Waals surface area contributed by atoms with Gasteiger partial charge in [0.2, 0.25) is 0 Å². The monoisotopic (exact) mass is 260 g/mol. The first-order valence-electron chi connectivity index (χ1n) is 5.98. The molecule has 2 rings (SSSR count). The lowest BCUT2D eigenvalue weighted by Crippen LogP contribution is -2.03. The SMILES string of the molecule is Cc1cc(C)cc(CNc2c(C)ccnc2Cl)c1. The molecule has 0 aliphatic heterocycles. The Labute approximate surface area is 113 Å². The molecule has 2 aromatic rings. The molecule has 1 aromatic carbocycles. The Kier molecular flexibility index (Phi) is 3.87. The minimum absolute atomic E-state index is 0.527. The van der Waals surface area contributed by atoms with Crippen LogP contribution in [0.15, 0.2) is 30.5 Å². The van der Waals surface area contributed by atoms with Crippen molar-refractivity contribution < 1.29 is 0 Å². The average molecular weight is 261 g/mol. The highest BCUT2D eigenvalue weighted by molar-refractivity contribution is 6.32. The summed E-state index contributed by atoms with van der Waals surface area (Å²) in [5.74, 6) is 0. The van der Waals surface area contributed by atoms with Crippen molar-refractivity contribution in [1.29, 1.82) is 0 Å². The first kappa shape index (κ1) is 12.9. The van der Waals surface area contributed by atoms with E-state index >= 15 is 0 Å². The summed E-state index contributed by atoms with van der Waals surface area (Å²) >= 11 is 6.08. The number of nitrogens with one attached hydrogen (secondary N) is 1. The van der Waals surface area contributed by atoms with Gasteiger partial charge in [-0.05, 0) is 38.0 Å². The van der Waals surface area contributed by atoms with Gasteiger partial charge >= 0.3 is 0 Å². The molecule has 2 nitrogen and oxygen atoms in total. The largest absolute Gasteiger partial charge is 0.378 e. The van der Waals surface area contributed by atoms with Crippen LogP contribution in [0.3, 0.4) is 0 Å². The number of aromatic nitrogens is 1. The summed E-state index contributed by atoms with van der Waals surface area (Å²) in [6, 6.07) is 8.49. The number of pyridine rings is 1. The van der Waals surface area contributed by atoms with E-state index in [9.17, 15) is 0 Å². The number of aryl methyl sites for hydroxylation is 3. The average Bonchev–Trinajstić information content (AvgIpc) is 2.27. The highest BCUT2D eigenvalue weighted by Crippen LogP contribution is 2.23. The first-order chi connectivity index (χ1) is 8.56. The molecule has 1 aromatic heterocycles. The van der Waals surface area contributed by atoms with Crippen molar-refractivity contribution in [2.45, 2.75) is 27.3 Å². The molecule has 0 fully saturated rings. The Bertz CT molecular complexity index is 524. The van der Waals surface area contributed by atoms with Crippen LogP contribution in [-0.2, 0) is 6.54 Å². The van der Waals surface area contributed by atoms with Gasteiger partial charge in [0.05, 0.1) is 5.69 Å². The van der Waals surface area contributed by atoms with Crippen LogP contribution in [0.2, 0.25) is 5.15 Å². The Morgan fingerprint density at radius 3 is 2.39 bits per heavy atom. The van der Waals surface area contributed by atoms with E-state index in [1.165, 1.54) is 16.7 Å². The Morgan fingerprint density at radius 1 is 1.11 bits per heavy atom. The maximum Gasteiger partial charge on any atom is 0.152 e. The van der Waals surface area contributed by atoms with Gasteiger partial charge in [-0.15, -0.1) is 0 Å². The molecule has 0 unspecified atom stereocenters. The summed E-state index contributed by atoms with van der Waals surface area (Å²) in [4.78, 5) is 4.09. The number of nitrogens with zero attached hydrogens (tertiary/aromatic N) is 1. The van der Waals surface area contributed by atoms with Gasteiger partial charge in [-0.2, -0.15) is 0 Å². The lowest BCUT2D eigenvalue weighted by Gasteiger charge is -2.11. The van der Waals surface area contributed by atoms with Gasteiger partial charge in [-0.1, -0.05) is 40.9 Å². The van der Waals surface area contributed by atoms with Crippen molar-refractivity contribution in [3.8, 4) is 0 Å².